The van der Waals surface area contributed by atoms with Crippen LogP contribution in [0.2, 0.25) is 0 Å². The highest BCUT2D eigenvalue weighted by atomic mass is 19.1. The van der Waals surface area contributed by atoms with Gasteiger partial charge in [-0.2, -0.15) is 0 Å². The first-order chi connectivity index (χ1) is 16.0. The van der Waals surface area contributed by atoms with E-state index in [1.807, 2.05) is 12.1 Å². The fourth-order valence-corrected chi connectivity index (χ4v) is 4.98. The van der Waals surface area contributed by atoms with Crippen LogP contribution in [0, 0.1) is 5.82 Å². The van der Waals surface area contributed by atoms with Crippen LogP contribution in [0.1, 0.15) is 28.0 Å². The van der Waals surface area contributed by atoms with Gasteiger partial charge < -0.3 is 19.7 Å². The fraction of sp³-hybridized carbons (Fsp3) is 0.360. The zero-order chi connectivity index (χ0) is 22.9. The van der Waals surface area contributed by atoms with Gasteiger partial charge in [-0.3, -0.25) is 9.69 Å². The highest BCUT2D eigenvalue weighted by molar-refractivity contribution is 5.92. The van der Waals surface area contributed by atoms with Gasteiger partial charge in [0.1, 0.15) is 29.5 Å². The van der Waals surface area contributed by atoms with Gasteiger partial charge in [0.05, 0.1) is 18.4 Å². The molecule has 3 aromatic rings. The monoisotopic (exact) mass is 450 g/mol. The highest BCUT2D eigenvalue weighted by Crippen LogP contribution is 2.32. The summed E-state index contributed by atoms with van der Waals surface area (Å²) >= 11 is 0. The largest absolute Gasteiger partial charge is 0.487 e. The van der Waals surface area contributed by atoms with Crippen LogP contribution in [0.25, 0.3) is 0 Å². The molecule has 0 unspecified atom stereocenters. The number of nitrogens with zero attached hydrogens (tertiary/aromatic N) is 3. The topological polar surface area (TPSA) is 79.6 Å². The van der Waals surface area contributed by atoms with E-state index in [1.165, 1.54) is 23.3 Å². The summed E-state index contributed by atoms with van der Waals surface area (Å²) in [6.45, 7) is 1.45. The summed E-state index contributed by atoms with van der Waals surface area (Å²) < 4.78 is 21.4. The van der Waals surface area contributed by atoms with Crippen molar-refractivity contribution in [3.63, 3.8) is 0 Å². The first-order valence-electron chi connectivity index (χ1n) is 11.2. The smallest absolute Gasteiger partial charge is 0.271 e. The lowest BCUT2D eigenvalue weighted by Gasteiger charge is -2.38. The van der Waals surface area contributed by atoms with Crippen molar-refractivity contribution in [2.75, 3.05) is 6.54 Å². The van der Waals surface area contributed by atoms with E-state index in [2.05, 4.69) is 27.3 Å². The molecule has 1 saturated carbocycles. The molecule has 2 heterocycles. The maximum Gasteiger partial charge on any atom is 0.271 e. The van der Waals surface area contributed by atoms with Crippen molar-refractivity contribution in [2.45, 2.75) is 43.7 Å². The number of hydrogen-bond donors (Lipinski definition) is 2. The second-order valence-corrected chi connectivity index (χ2v) is 8.82. The number of aliphatic hydroxyl groups excluding tert-OH is 1. The molecule has 33 heavy (non-hydrogen) atoms. The van der Waals surface area contributed by atoms with Gasteiger partial charge in [-0.25, -0.2) is 9.37 Å². The number of aliphatic hydroxyl groups is 1. The molecule has 0 saturated heterocycles. The molecule has 2 aromatic carbocycles. The summed E-state index contributed by atoms with van der Waals surface area (Å²) in [5.41, 5.74) is 2.85. The number of benzene rings is 2. The van der Waals surface area contributed by atoms with Gasteiger partial charge in [0.15, 0.2) is 0 Å². The Morgan fingerprint density at radius 2 is 2.03 bits per heavy atom. The number of nitrogens with one attached hydrogen (secondary N) is 1. The average Bonchev–Trinajstić information content (AvgIpc) is 3.37. The minimum atomic E-state index is -0.854. The number of fused-ring (bicyclic) bond motifs is 1. The molecule has 0 bridgehead atoms. The fourth-order valence-electron chi connectivity index (χ4n) is 4.98. The minimum absolute atomic E-state index is 0.290. The third kappa shape index (κ3) is 4.49. The van der Waals surface area contributed by atoms with Gasteiger partial charge >= 0.3 is 0 Å². The van der Waals surface area contributed by atoms with Crippen molar-refractivity contribution in [2.24, 2.45) is 7.05 Å². The van der Waals surface area contributed by atoms with Crippen LogP contribution >= 0.6 is 0 Å². The third-order valence-electron chi connectivity index (χ3n) is 6.55. The molecule has 8 heteroatoms. The Hall–Kier alpha value is -3.23. The summed E-state index contributed by atoms with van der Waals surface area (Å²) in [5, 5.41) is 14.4. The summed E-state index contributed by atoms with van der Waals surface area (Å²) in [6.07, 6.45) is 3.07. The Balaban J connectivity index is 1.39. The average molecular weight is 451 g/mol. The van der Waals surface area contributed by atoms with Crippen LogP contribution in [0.15, 0.2) is 61.1 Å². The lowest BCUT2D eigenvalue weighted by molar-refractivity contribution is 0.00249. The summed E-state index contributed by atoms with van der Waals surface area (Å²) in [7, 11) is 1.81. The van der Waals surface area contributed by atoms with Crippen molar-refractivity contribution < 1.29 is 19.0 Å². The van der Waals surface area contributed by atoms with Crippen LogP contribution in [0.3, 0.4) is 0 Å². The van der Waals surface area contributed by atoms with Crippen LogP contribution in [-0.2, 0) is 20.0 Å². The molecule has 7 nitrogen and oxygen atoms in total. The van der Waals surface area contributed by atoms with Crippen molar-refractivity contribution in [1.29, 1.82) is 0 Å². The lowest BCUT2D eigenvalue weighted by atomic mass is 9.97. The molecule has 0 spiro atoms. The molecule has 4 atom stereocenters. The number of rotatable bonds is 5. The number of amides is 1. The molecular weight excluding hydrogens is 423 g/mol. The Bertz CT molecular complexity index is 1150. The Morgan fingerprint density at radius 3 is 2.79 bits per heavy atom. The highest BCUT2D eigenvalue weighted by Gasteiger charge is 2.48. The predicted molar refractivity (Wildman–Crippen MR) is 120 cm³/mol. The Kier molecular flexibility index (Phi) is 5.86. The summed E-state index contributed by atoms with van der Waals surface area (Å²) in [4.78, 5) is 19.2. The molecule has 1 aliphatic heterocycles. The molecule has 1 fully saturated rings. The Labute approximate surface area is 191 Å². The van der Waals surface area contributed by atoms with E-state index in [4.69, 9.17) is 4.74 Å². The van der Waals surface area contributed by atoms with Gasteiger partial charge in [-0.1, -0.05) is 30.3 Å². The van der Waals surface area contributed by atoms with Gasteiger partial charge in [0.25, 0.3) is 5.91 Å². The second-order valence-electron chi connectivity index (χ2n) is 8.82. The zero-order valence-electron chi connectivity index (χ0n) is 18.4. The number of carbonyl (C=O) groups excluding carboxylic acids is 1. The van der Waals surface area contributed by atoms with Gasteiger partial charge in [-0.15, -0.1) is 0 Å². The van der Waals surface area contributed by atoms with Crippen molar-refractivity contribution in [3.8, 4) is 5.75 Å². The van der Waals surface area contributed by atoms with E-state index in [0.29, 0.717) is 24.4 Å². The molecular formula is C25H27FN4O3. The first-order valence-corrected chi connectivity index (χ1v) is 11.2. The number of aromatic nitrogens is 2. The molecule has 1 amide bonds. The molecule has 172 valence electrons. The van der Waals surface area contributed by atoms with Crippen molar-refractivity contribution in [3.05, 3.63) is 83.7 Å². The van der Waals surface area contributed by atoms with Crippen LogP contribution in [-0.4, -0.2) is 56.3 Å². The van der Waals surface area contributed by atoms with E-state index in [1.54, 1.807) is 36.3 Å². The molecule has 2 aliphatic rings. The number of aryl methyl sites for hydroxylation is 1. The minimum Gasteiger partial charge on any atom is -0.487 e. The van der Waals surface area contributed by atoms with Gasteiger partial charge in [0, 0.05) is 38.8 Å². The second kappa shape index (κ2) is 8.96. The van der Waals surface area contributed by atoms with E-state index < -0.39 is 18.0 Å². The van der Waals surface area contributed by atoms with E-state index in [0.717, 1.165) is 13.0 Å². The lowest BCUT2D eigenvalue weighted by Crippen LogP contribution is -2.54. The molecule has 0 radical (unpaired) electrons. The van der Waals surface area contributed by atoms with Crippen molar-refractivity contribution in [1.82, 2.24) is 19.8 Å². The van der Waals surface area contributed by atoms with Gasteiger partial charge in [0.2, 0.25) is 0 Å². The quantitative estimate of drug-likeness (QED) is 0.624. The molecule has 2 N–H and O–H groups in total. The number of imidazole rings is 1. The molecule has 5 rings (SSSR count). The number of hydrogen-bond acceptors (Lipinski definition) is 5. The van der Waals surface area contributed by atoms with Gasteiger partial charge in [-0.05, 0) is 29.7 Å². The van der Waals surface area contributed by atoms with Crippen LogP contribution in [0.4, 0.5) is 4.39 Å². The van der Waals surface area contributed by atoms with E-state index in [-0.39, 0.29) is 18.0 Å². The Morgan fingerprint density at radius 1 is 1.21 bits per heavy atom. The molecule has 1 aromatic heterocycles. The maximum atomic E-state index is 13.7. The normalized spacial score (nSPS) is 24.9. The van der Waals surface area contributed by atoms with E-state index >= 15 is 0 Å². The van der Waals surface area contributed by atoms with E-state index in [9.17, 15) is 14.3 Å². The third-order valence-corrected chi connectivity index (χ3v) is 6.55. The first kappa shape index (κ1) is 21.6. The standard InChI is InChI=1S/C25H27FN4O3/c1-29-14-21(27-15-29)25(32)28-20-12-22(33-19-8-4-7-18(26)11-19)24(31)23(20)30-10-9-16-5-2-3-6-17(16)13-30/h2-8,11,14-15,20,22-24,31H,9-10,12-13H2,1H3,(H,28,32)/t20-,22-,23+,24+/m1/s1. The summed E-state index contributed by atoms with van der Waals surface area (Å²) in [6, 6.07) is 13.5. The maximum absolute atomic E-state index is 13.7. The predicted octanol–water partition coefficient (Wildman–Crippen LogP) is 2.30. The number of halogens is 1. The van der Waals surface area contributed by atoms with Crippen LogP contribution < -0.4 is 10.1 Å². The molecule has 1 aliphatic carbocycles. The van der Waals surface area contributed by atoms with Crippen LogP contribution in [0.5, 0.6) is 5.75 Å². The summed E-state index contributed by atoms with van der Waals surface area (Å²) in [5.74, 6) is -0.329. The number of carbonyl (C=O) groups is 1. The number of ether oxygens (including phenoxy) is 1. The zero-order valence-corrected chi connectivity index (χ0v) is 18.4. The van der Waals surface area contributed by atoms with Crippen molar-refractivity contribution >= 4 is 5.91 Å². The SMILES string of the molecule is Cn1cnc(C(=O)N[C@@H]2C[C@@H](Oc3cccc(F)c3)[C@H](O)[C@H]2N2CCc3ccccc3C2)c1.